The van der Waals surface area contributed by atoms with Gasteiger partial charge in [0.15, 0.2) is 0 Å². The van der Waals surface area contributed by atoms with Gasteiger partial charge in [0.25, 0.3) is 0 Å². The molecule has 0 amide bonds. The van der Waals surface area contributed by atoms with E-state index in [2.05, 4.69) is 34.1 Å². The third-order valence-electron chi connectivity index (χ3n) is 3.41. The van der Waals surface area contributed by atoms with Gasteiger partial charge in [0.05, 0.1) is 6.10 Å². The van der Waals surface area contributed by atoms with Gasteiger partial charge in [0, 0.05) is 20.6 Å². The van der Waals surface area contributed by atoms with Crippen LogP contribution in [0.2, 0.25) is 0 Å². The summed E-state index contributed by atoms with van der Waals surface area (Å²) in [6.07, 6.45) is 4.00. The Labute approximate surface area is 120 Å². The Bertz CT molecular complexity index is 540. The molecule has 1 aliphatic carbocycles. The lowest BCUT2D eigenvalue weighted by Gasteiger charge is -2.09. The monoisotopic (exact) mass is 322 g/mol. The molecule has 1 aliphatic rings. The summed E-state index contributed by atoms with van der Waals surface area (Å²) >= 11 is 5.26. The van der Waals surface area contributed by atoms with Crippen LogP contribution in [0.3, 0.4) is 0 Å². The number of fused-ring (bicyclic) bond motifs is 1. The summed E-state index contributed by atoms with van der Waals surface area (Å²) in [6, 6.07) is 10.4. The van der Waals surface area contributed by atoms with E-state index < -0.39 is 0 Å². The maximum absolute atomic E-state index is 10.3. The molecule has 1 aromatic carbocycles. The topological polar surface area (TPSA) is 20.2 Å². The minimum atomic E-state index is -0.366. The molecule has 3 rings (SSSR count). The highest BCUT2D eigenvalue weighted by Gasteiger charge is 2.18. The molecule has 0 saturated heterocycles. The maximum Gasteiger partial charge on any atom is 0.0922 e. The van der Waals surface area contributed by atoms with Crippen LogP contribution in [0.25, 0.3) is 0 Å². The molecule has 0 spiro atoms. The normalized spacial score (nSPS) is 15.7. The summed E-state index contributed by atoms with van der Waals surface area (Å²) < 4.78 is 1.07. The van der Waals surface area contributed by atoms with E-state index in [0.717, 1.165) is 9.35 Å². The molecule has 1 unspecified atom stereocenters. The minimum absolute atomic E-state index is 0.366. The molecule has 3 heteroatoms. The lowest BCUT2D eigenvalue weighted by molar-refractivity contribution is 0.182. The molecule has 0 radical (unpaired) electrons. The first-order valence-corrected chi connectivity index (χ1v) is 7.87. The number of halogens is 1. The SMILES string of the molecule is OC(Cc1cccc(Br)c1)c1cc2c(s1)CCC2. The van der Waals surface area contributed by atoms with Crippen LogP contribution < -0.4 is 0 Å². The fourth-order valence-corrected chi connectivity index (χ4v) is 4.19. The third kappa shape index (κ3) is 2.53. The van der Waals surface area contributed by atoms with Crippen LogP contribution in [-0.2, 0) is 19.3 Å². The zero-order valence-electron chi connectivity index (χ0n) is 10.0. The van der Waals surface area contributed by atoms with Crippen molar-refractivity contribution in [3.63, 3.8) is 0 Å². The van der Waals surface area contributed by atoms with E-state index in [0.29, 0.717) is 6.42 Å². The Morgan fingerprint density at radius 3 is 2.94 bits per heavy atom. The highest BCUT2D eigenvalue weighted by molar-refractivity contribution is 9.10. The second-order valence-corrected chi connectivity index (χ2v) is 6.88. The van der Waals surface area contributed by atoms with Crippen molar-refractivity contribution in [3.8, 4) is 0 Å². The molecule has 0 saturated carbocycles. The summed E-state index contributed by atoms with van der Waals surface area (Å²) in [7, 11) is 0. The Balaban J connectivity index is 1.76. The second-order valence-electron chi connectivity index (χ2n) is 4.80. The first kappa shape index (κ1) is 12.4. The quantitative estimate of drug-likeness (QED) is 0.894. The largest absolute Gasteiger partial charge is 0.387 e. The van der Waals surface area contributed by atoms with Gasteiger partial charge in [-0.05, 0) is 48.6 Å². The standard InChI is InChI=1S/C15H15BrOS/c16-12-5-1-3-10(7-12)8-13(17)15-9-11-4-2-6-14(11)18-15/h1,3,5,7,9,13,17H,2,4,6,8H2. The average molecular weight is 323 g/mol. The van der Waals surface area contributed by atoms with Crippen molar-refractivity contribution < 1.29 is 5.11 Å². The van der Waals surface area contributed by atoms with E-state index in [1.54, 1.807) is 11.3 Å². The Morgan fingerprint density at radius 1 is 1.28 bits per heavy atom. The molecule has 1 N–H and O–H groups in total. The molecule has 0 fully saturated rings. The summed E-state index contributed by atoms with van der Waals surface area (Å²) in [6.45, 7) is 0. The van der Waals surface area contributed by atoms with Gasteiger partial charge in [-0.1, -0.05) is 28.1 Å². The number of hydrogen-bond acceptors (Lipinski definition) is 2. The first-order valence-electron chi connectivity index (χ1n) is 6.26. The van der Waals surface area contributed by atoms with Crippen LogP contribution in [0.4, 0.5) is 0 Å². The van der Waals surface area contributed by atoms with Crippen molar-refractivity contribution in [1.82, 2.24) is 0 Å². The van der Waals surface area contributed by atoms with Crippen LogP contribution >= 0.6 is 27.3 Å². The number of aryl methyl sites for hydroxylation is 2. The van der Waals surface area contributed by atoms with E-state index in [1.807, 2.05) is 12.1 Å². The number of benzene rings is 1. The fourth-order valence-electron chi connectivity index (χ4n) is 2.50. The smallest absolute Gasteiger partial charge is 0.0922 e. The molecule has 0 bridgehead atoms. The molecule has 2 aromatic rings. The van der Waals surface area contributed by atoms with Crippen molar-refractivity contribution in [1.29, 1.82) is 0 Å². The van der Waals surface area contributed by atoms with Crippen LogP contribution in [0.15, 0.2) is 34.8 Å². The Kier molecular flexibility index (Phi) is 3.55. The third-order valence-corrected chi connectivity index (χ3v) is 5.24. The summed E-state index contributed by atoms with van der Waals surface area (Å²) in [5.41, 5.74) is 2.63. The Morgan fingerprint density at radius 2 is 2.17 bits per heavy atom. The van der Waals surface area contributed by atoms with Crippen molar-refractivity contribution in [2.45, 2.75) is 31.8 Å². The summed E-state index contributed by atoms with van der Waals surface area (Å²) in [5, 5.41) is 10.3. The van der Waals surface area contributed by atoms with E-state index in [4.69, 9.17) is 0 Å². The second kappa shape index (κ2) is 5.16. The molecule has 1 aromatic heterocycles. The number of aliphatic hydroxyl groups is 1. The van der Waals surface area contributed by atoms with Gasteiger partial charge in [-0.15, -0.1) is 11.3 Å². The van der Waals surface area contributed by atoms with Crippen molar-refractivity contribution in [3.05, 3.63) is 55.7 Å². The number of hydrogen-bond donors (Lipinski definition) is 1. The van der Waals surface area contributed by atoms with Crippen LogP contribution in [0.1, 0.15) is 33.4 Å². The van der Waals surface area contributed by atoms with E-state index >= 15 is 0 Å². The first-order chi connectivity index (χ1) is 8.72. The highest BCUT2D eigenvalue weighted by atomic mass is 79.9. The number of aliphatic hydroxyl groups excluding tert-OH is 1. The van der Waals surface area contributed by atoms with Crippen molar-refractivity contribution in [2.75, 3.05) is 0 Å². The van der Waals surface area contributed by atoms with Crippen molar-refractivity contribution >= 4 is 27.3 Å². The van der Waals surface area contributed by atoms with Gasteiger partial charge in [-0.3, -0.25) is 0 Å². The Hall–Kier alpha value is -0.640. The number of thiophene rings is 1. The molecule has 94 valence electrons. The van der Waals surface area contributed by atoms with Gasteiger partial charge in [0.2, 0.25) is 0 Å². The molecule has 1 nitrogen and oxygen atoms in total. The summed E-state index contributed by atoms with van der Waals surface area (Å²) in [5.74, 6) is 0. The maximum atomic E-state index is 10.3. The zero-order valence-corrected chi connectivity index (χ0v) is 12.4. The molecular weight excluding hydrogens is 308 g/mol. The molecule has 1 heterocycles. The summed E-state index contributed by atoms with van der Waals surface area (Å²) in [4.78, 5) is 2.61. The molecule has 0 aliphatic heterocycles. The predicted octanol–water partition coefficient (Wildman–Crippen LogP) is 4.28. The van der Waals surface area contributed by atoms with E-state index in [-0.39, 0.29) is 6.10 Å². The minimum Gasteiger partial charge on any atom is -0.387 e. The predicted molar refractivity (Wildman–Crippen MR) is 79.1 cm³/mol. The van der Waals surface area contributed by atoms with Gasteiger partial charge < -0.3 is 5.11 Å². The lowest BCUT2D eigenvalue weighted by atomic mass is 10.1. The lowest BCUT2D eigenvalue weighted by Crippen LogP contribution is -1.99. The van der Waals surface area contributed by atoms with Gasteiger partial charge >= 0.3 is 0 Å². The number of rotatable bonds is 3. The zero-order chi connectivity index (χ0) is 12.5. The van der Waals surface area contributed by atoms with Crippen molar-refractivity contribution in [2.24, 2.45) is 0 Å². The van der Waals surface area contributed by atoms with Gasteiger partial charge in [-0.2, -0.15) is 0 Å². The molecule has 18 heavy (non-hydrogen) atoms. The average Bonchev–Trinajstić information content (AvgIpc) is 2.88. The fraction of sp³-hybridized carbons (Fsp3) is 0.333. The molecular formula is C15H15BrOS. The van der Waals surface area contributed by atoms with Crippen LogP contribution in [0.5, 0.6) is 0 Å². The highest BCUT2D eigenvalue weighted by Crippen LogP contribution is 2.34. The molecule has 1 atom stereocenters. The van der Waals surface area contributed by atoms with Crippen LogP contribution in [0, 0.1) is 0 Å². The van der Waals surface area contributed by atoms with Crippen LogP contribution in [-0.4, -0.2) is 5.11 Å². The van der Waals surface area contributed by atoms with E-state index in [1.165, 1.54) is 35.3 Å². The van der Waals surface area contributed by atoms with E-state index in [9.17, 15) is 5.11 Å². The van der Waals surface area contributed by atoms with Gasteiger partial charge in [-0.25, -0.2) is 0 Å². The van der Waals surface area contributed by atoms with Gasteiger partial charge in [0.1, 0.15) is 0 Å².